The minimum Gasteiger partial charge on any atom is -0.497 e. The molecule has 31 heavy (non-hydrogen) atoms. The molecular formula is C23H25N3O5. The van der Waals surface area contributed by atoms with E-state index in [1.54, 1.807) is 42.2 Å². The van der Waals surface area contributed by atoms with Crippen LogP contribution in [-0.4, -0.2) is 74.1 Å². The molecule has 0 spiro atoms. The molecule has 0 atom stereocenters. The van der Waals surface area contributed by atoms with E-state index in [9.17, 15) is 9.59 Å². The largest absolute Gasteiger partial charge is 0.497 e. The highest BCUT2D eigenvalue weighted by Gasteiger charge is 2.27. The number of rotatable bonds is 5. The predicted octanol–water partition coefficient (Wildman–Crippen LogP) is 2.79. The van der Waals surface area contributed by atoms with E-state index in [1.807, 2.05) is 24.3 Å². The first-order valence-corrected chi connectivity index (χ1v) is 10.0. The van der Waals surface area contributed by atoms with Gasteiger partial charge in [-0.2, -0.15) is 0 Å². The number of amides is 2. The number of nitrogens with zero attached hydrogens (tertiary/aromatic N) is 2. The Hall–Kier alpha value is -3.68. The fourth-order valence-electron chi connectivity index (χ4n) is 3.78. The fourth-order valence-corrected chi connectivity index (χ4v) is 3.78. The lowest BCUT2D eigenvalue weighted by molar-refractivity contribution is 0.0532. The number of benzene rings is 2. The highest BCUT2D eigenvalue weighted by Crippen LogP contribution is 2.28. The lowest BCUT2D eigenvalue weighted by Crippen LogP contribution is -2.50. The van der Waals surface area contributed by atoms with Crippen LogP contribution in [0.3, 0.4) is 0 Å². The van der Waals surface area contributed by atoms with Crippen molar-refractivity contribution in [1.29, 1.82) is 0 Å². The number of hydrogen-bond donors (Lipinski definition) is 1. The molecule has 1 fully saturated rings. The van der Waals surface area contributed by atoms with Crippen molar-refractivity contribution in [2.45, 2.75) is 0 Å². The van der Waals surface area contributed by atoms with Gasteiger partial charge in [-0.05, 0) is 36.4 Å². The molecule has 3 aromatic rings. The molecule has 2 heterocycles. The molecule has 0 aliphatic carbocycles. The van der Waals surface area contributed by atoms with Gasteiger partial charge >= 0.3 is 0 Å². The van der Waals surface area contributed by atoms with E-state index in [1.165, 1.54) is 7.11 Å². The maximum Gasteiger partial charge on any atom is 0.270 e. The molecule has 8 heteroatoms. The monoisotopic (exact) mass is 423 g/mol. The second kappa shape index (κ2) is 8.59. The summed E-state index contributed by atoms with van der Waals surface area (Å²) in [7, 11) is 4.70. The number of nitrogens with one attached hydrogen (secondary N) is 1. The van der Waals surface area contributed by atoms with Crippen molar-refractivity contribution in [3.05, 3.63) is 53.7 Å². The summed E-state index contributed by atoms with van der Waals surface area (Å²) in [6.45, 7) is 1.87. The molecule has 162 valence electrons. The van der Waals surface area contributed by atoms with E-state index in [2.05, 4.69) is 4.98 Å². The van der Waals surface area contributed by atoms with Crippen LogP contribution in [0.1, 0.15) is 20.8 Å². The molecule has 1 aromatic heterocycles. The number of carbonyl (C=O) groups is 2. The maximum atomic E-state index is 13.0. The molecule has 1 aliphatic heterocycles. The van der Waals surface area contributed by atoms with Crippen molar-refractivity contribution in [1.82, 2.24) is 14.8 Å². The average Bonchev–Trinajstić information content (AvgIpc) is 3.26. The van der Waals surface area contributed by atoms with Crippen LogP contribution >= 0.6 is 0 Å². The summed E-state index contributed by atoms with van der Waals surface area (Å²) < 4.78 is 15.8. The van der Waals surface area contributed by atoms with Gasteiger partial charge in [0.05, 0.1) is 21.3 Å². The Balaban J connectivity index is 1.42. The van der Waals surface area contributed by atoms with E-state index in [4.69, 9.17) is 14.2 Å². The van der Waals surface area contributed by atoms with Crippen molar-refractivity contribution >= 4 is 22.7 Å². The maximum absolute atomic E-state index is 13.0. The number of aromatic nitrogens is 1. The van der Waals surface area contributed by atoms with Gasteiger partial charge in [0.25, 0.3) is 11.8 Å². The lowest BCUT2D eigenvalue weighted by atomic mass is 10.1. The smallest absolute Gasteiger partial charge is 0.270 e. The second-order valence-electron chi connectivity index (χ2n) is 7.29. The Morgan fingerprint density at radius 1 is 0.774 bits per heavy atom. The highest BCUT2D eigenvalue weighted by molar-refractivity contribution is 5.99. The van der Waals surface area contributed by atoms with Gasteiger partial charge < -0.3 is 29.0 Å². The summed E-state index contributed by atoms with van der Waals surface area (Å²) in [6.07, 6.45) is 0. The van der Waals surface area contributed by atoms with Crippen molar-refractivity contribution in [2.75, 3.05) is 47.5 Å². The van der Waals surface area contributed by atoms with Crippen LogP contribution in [0, 0.1) is 0 Å². The number of ether oxygens (including phenoxy) is 3. The molecule has 2 amide bonds. The SMILES string of the molecule is COc1ccc2cc(C(=O)N3CCN(C(=O)c4ccc(OC)c(OC)c4)CC3)[nH]c2c1. The van der Waals surface area contributed by atoms with Crippen molar-refractivity contribution in [2.24, 2.45) is 0 Å². The second-order valence-corrected chi connectivity index (χ2v) is 7.29. The fraction of sp³-hybridized carbons (Fsp3) is 0.304. The number of hydrogen-bond acceptors (Lipinski definition) is 5. The topological polar surface area (TPSA) is 84.1 Å². The Morgan fingerprint density at radius 2 is 1.45 bits per heavy atom. The average molecular weight is 423 g/mol. The summed E-state index contributed by atoms with van der Waals surface area (Å²) in [5.41, 5.74) is 1.91. The number of carbonyl (C=O) groups excluding carboxylic acids is 2. The van der Waals surface area contributed by atoms with Gasteiger partial charge in [-0.25, -0.2) is 0 Å². The highest BCUT2D eigenvalue weighted by atomic mass is 16.5. The summed E-state index contributed by atoms with van der Waals surface area (Å²) in [5, 5.41) is 0.950. The number of H-pyrrole nitrogens is 1. The molecule has 0 unspecified atom stereocenters. The number of methoxy groups -OCH3 is 3. The van der Waals surface area contributed by atoms with Crippen molar-refractivity contribution in [3.63, 3.8) is 0 Å². The Bertz CT molecular complexity index is 1120. The van der Waals surface area contributed by atoms with Crippen LogP contribution in [0.4, 0.5) is 0 Å². The molecule has 0 radical (unpaired) electrons. The third-order valence-corrected chi connectivity index (χ3v) is 5.54. The molecule has 0 saturated carbocycles. The summed E-state index contributed by atoms with van der Waals surface area (Å²) in [6, 6.07) is 12.6. The van der Waals surface area contributed by atoms with Crippen LogP contribution in [0.25, 0.3) is 10.9 Å². The standard InChI is InChI=1S/C23H25N3O5/c1-29-17-6-4-15-12-19(24-18(15)14-17)23(28)26-10-8-25(9-11-26)22(27)16-5-7-20(30-2)21(13-16)31-3/h4-7,12-14,24H,8-11H2,1-3H3. The van der Waals surface area contributed by atoms with Gasteiger partial charge in [-0.3, -0.25) is 9.59 Å². The predicted molar refractivity (Wildman–Crippen MR) is 116 cm³/mol. The Labute approximate surface area is 180 Å². The molecule has 1 saturated heterocycles. The minimum atomic E-state index is -0.0919. The minimum absolute atomic E-state index is 0.0756. The van der Waals surface area contributed by atoms with Gasteiger partial charge in [0.2, 0.25) is 0 Å². The van der Waals surface area contributed by atoms with Gasteiger partial charge in [0, 0.05) is 48.7 Å². The molecule has 0 bridgehead atoms. The van der Waals surface area contributed by atoms with Crippen LogP contribution in [0.2, 0.25) is 0 Å². The van der Waals surface area contributed by atoms with Gasteiger partial charge in [0.15, 0.2) is 11.5 Å². The van der Waals surface area contributed by atoms with Crippen LogP contribution in [0.15, 0.2) is 42.5 Å². The van der Waals surface area contributed by atoms with Gasteiger partial charge in [-0.1, -0.05) is 0 Å². The van der Waals surface area contributed by atoms with Gasteiger partial charge in [-0.15, -0.1) is 0 Å². The van der Waals surface area contributed by atoms with E-state index < -0.39 is 0 Å². The molecule has 2 aromatic carbocycles. The summed E-state index contributed by atoms with van der Waals surface area (Å²) in [5.74, 6) is 1.65. The zero-order valence-corrected chi connectivity index (χ0v) is 17.8. The number of piperazine rings is 1. The number of aromatic amines is 1. The van der Waals surface area contributed by atoms with Crippen molar-refractivity contribution in [3.8, 4) is 17.2 Å². The first-order chi connectivity index (χ1) is 15.0. The zero-order chi connectivity index (χ0) is 22.0. The lowest BCUT2D eigenvalue weighted by Gasteiger charge is -2.34. The summed E-state index contributed by atoms with van der Waals surface area (Å²) in [4.78, 5) is 32.5. The quantitative estimate of drug-likeness (QED) is 0.682. The van der Waals surface area contributed by atoms with Crippen molar-refractivity contribution < 1.29 is 23.8 Å². The molecule has 1 N–H and O–H groups in total. The summed E-state index contributed by atoms with van der Waals surface area (Å²) >= 11 is 0. The molecule has 4 rings (SSSR count). The molecular weight excluding hydrogens is 398 g/mol. The zero-order valence-electron chi connectivity index (χ0n) is 17.8. The van der Waals surface area contributed by atoms with Crippen LogP contribution in [-0.2, 0) is 0 Å². The van der Waals surface area contributed by atoms with E-state index in [0.717, 1.165) is 16.7 Å². The first-order valence-electron chi connectivity index (χ1n) is 10.0. The Kier molecular flexibility index (Phi) is 5.70. The normalized spacial score (nSPS) is 13.9. The third kappa shape index (κ3) is 4.01. The van der Waals surface area contributed by atoms with Crippen LogP contribution < -0.4 is 14.2 Å². The van der Waals surface area contributed by atoms with E-state index >= 15 is 0 Å². The molecule has 8 nitrogen and oxygen atoms in total. The number of fused-ring (bicyclic) bond motifs is 1. The van der Waals surface area contributed by atoms with E-state index in [-0.39, 0.29) is 11.8 Å². The van der Waals surface area contributed by atoms with Gasteiger partial charge in [0.1, 0.15) is 11.4 Å². The third-order valence-electron chi connectivity index (χ3n) is 5.54. The molecule has 1 aliphatic rings. The van der Waals surface area contributed by atoms with E-state index in [0.29, 0.717) is 48.9 Å². The van der Waals surface area contributed by atoms with Crippen LogP contribution in [0.5, 0.6) is 17.2 Å². The Morgan fingerprint density at radius 3 is 2.10 bits per heavy atom. The first kappa shape index (κ1) is 20.6.